The lowest BCUT2D eigenvalue weighted by Gasteiger charge is -2.26. The van der Waals surface area contributed by atoms with Crippen LogP contribution in [-0.2, 0) is 14.8 Å². The number of amides is 1. The van der Waals surface area contributed by atoms with E-state index in [1.54, 1.807) is 6.07 Å². The zero-order valence-corrected chi connectivity index (χ0v) is 15.7. The Bertz CT molecular complexity index is 754. The summed E-state index contributed by atoms with van der Waals surface area (Å²) in [6.45, 7) is -0.259. The van der Waals surface area contributed by atoms with Gasteiger partial charge in [-0.15, -0.1) is 0 Å². The van der Waals surface area contributed by atoms with Gasteiger partial charge in [0.1, 0.15) is 6.54 Å². The van der Waals surface area contributed by atoms with Crippen LogP contribution in [-0.4, -0.2) is 33.2 Å². The summed E-state index contributed by atoms with van der Waals surface area (Å²) in [4.78, 5) is 12.4. The topological polar surface area (TPSA) is 66.5 Å². The minimum absolute atomic E-state index is 0.173. The summed E-state index contributed by atoms with van der Waals surface area (Å²) >= 11 is 11.8. The molecule has 0 radical (unpaired) electrons. The van der Waals surface area contributed by atoms with E-state index in [1.165, 1.54) is 25.0 Å². The van der Waals surface area contributed by atoms with E-state index in [0.29, 0.717) is 22.5 Å². The van der Waals surface area contributed by atoms with Crippen LogP contribution in [0.4, 0.5) is 5.69 Å². The quantitative estimate of drug-likeness (QED) is 0.839. The van der Waals surface area contributed by atoms with Crippen molar-refractivity contribution >= 4 is 44.8 Å². The third-order valence-corrected chi connectivity index (χ3v) is 6.84. The molecular formula is C16H20Cl2N2O3S. The number of carbonyl (C=O) groups excluding carboxylic acids is 1. The van der Waals surface area contributed by atoms with Gasteiger partial charge in [-0.2, -0.15) is 0 Å². The average molecular weight is 391 g/mol. The van der Waals surface area contributed by atoms with Crippen LogP contribution in [0.25, 0.3) is 0 Å². The van der Waals surface area contributed by atoms with Crippen LogP contribution in [0.3, 0.4) is 0 Å². The maximum absolute atomic E-state index is 12.4. The Labute approximate surface area is 152 Å². The number of rotatable bonds is 5. The molecule has 2 aliphatic carbocycles. The van der Waals surface area contributed by atoms with E-state index in [0.717, 1.165) is 23.4 Å². The van der Waals surface area contributed by atoms with Gasteiger partial charge in [-0.3, -0.25) is 9.10 Å². The summed E-state index contributed by atoms with van der Waals surface area (Å²) in [5.74, 6) is 0.959. The summed E-state index contributed by atoms with van der Waals surface area (Å²) in [5, 5.41) is 3.58. The van der Waals surface area contributed by atoms with E-state index in [4.69, 9.17) is 23.2 Å². The van der Waals surface area contributed by atoms with Crippen molar-refractivity contribution in [1.82, 2.24) is 5.32 Å². The molecule has 2 bridgehead atoms. The number of fused-ring (bicyclic) bond motifs is 2. The van der Waals surface area contributed by atoms with Crippen LogP contribution in [0.15, 0.2) is 18.2 Å². The Morgan fingerprint density at radius 1 is 1.25 bits per heavy atom. The molecule has 2 saturated carbocycles. The lowest BCUT2D eigenvalue weighted by atomic mass is 9.95. The number of halogens is 2. The molecule has 1 aromatic rings. The normalized spacial score (nSPS) is 25.7. The molecular weight excluding hydrogens is 371 g/mol. The lowest BCUT2D eigenvalue weighted by molar-refractivity contribution is -0.120. The molecule has 1 aromatic carbocycles. The van der Waals surface area contributed by atoms with E-state index in [2.05, 4.69) is 5.32 Å². The van der Waals surface area contributed by atoms with Crippen LogP contribution >= 0.6 is 23.2 Å². The monoisotopic (exact) mass is 390 g/mol. The van der Waals surface area contributed by atoms with E-state index in [9.17, 15) is 13.2 Å². The number of nitrogens with one attached hydrogen (secondary N) is 1. The van der Waals surface area contributed by atoms with Gasteiger partial charge in [0, 0.05) is 6.04 Å². The summed E-state index contributed by atoms with van der Waals surface area (Å²) in [6, 6.07) is 4.69. The number of hydrogen-bond donors (Lipinski definition) is 1. The molecule has 132 valence electrons. The van der Waals surface area contributed by atoms with Gasteiger partial charge in [0.25, 0.3) is 0 Å². The second-order valence-electron chi connectivity index (χ2n) is 6.72. The summed E-state index contributed by atoms with van der Waals surface area (Å²) < 4.78 is 25.2. The van der Waals surface area contributed by atoms with Gasteiger partial charge in [0.05, 0.1) is 22.0 Å². The molecule has 2 fully saturated rings. The number of sulfonamides is 1. The van der Waals surface area contributed by atoms with Crippen molar-refractivity contribution in [3.8, 4) is 0 Å². The number of anilines is 1. The molecule has 1 amide bonds. The molecule has 24 heavy (non-hydrogen) atoms. The highest BCUT2D eigenvalue weighted by atomic mass is 35.5. The number of benzene rings is 1. The fourth-order valence-electron chi connectivity index (χ4n) is 3.84. The Morgan fingerprint density at radius 3 is 2.54 bits per heavy atom. The second kappa shape index (κ2) is 6.73. The molecule has 0 spiro atoms. The van der Waals surface area contributed by atoms with Gasteiger partial charge in [-0.25, -0.2) is 8.42 Å². The molecule has 3 atom stereocenters. The molecule has 8 heteroatoms. The van der Waals surface area contributed by atoms with Crippen molar-refractivity contribution < 1.29 is 13.2 Å². The van der Waals surface area contributed by atoms with Crippen molar-refractivity contribution in [2.75, 3.05) is 17.1 Å². The highest BCUT2D eigenvalue weighted by molar-refractivity contribution is 7.92. The lowest BCUT2D eigenvalue weighted by Crippen LogP contribution is -2.45. The molecule has 0 heterocycles. The predicted octanol–water partition coefficient (Wildman–Crippen LogP) is 3.06. The fraction of sp³-hybridized carbons (Fsp3) is 0.562. The highest BCUT2D eigenvalue weighted by Crippen LogP contribution is 2.44. The van der Waals surface area contributed by atoms with Crippen molar-refractivity contribution in [2.45, 2.75) is 31.7 Å². The van der Waals surface area contributed by atoms with E-state index < -0.39 is 10.0 Å². The SMILES string of the molecule is CS(=O)(=O)N(CC(=O)N[C@H]1C[C@@H]2CC[C@H]1C2)c1ccc(Cl)c(Cl)c1. The molecule has 2 aliphatic rings. The van der Waals surface area contributed by atoms with E-state index in [1.807, 2.05) is 0 Å². The van der Waals surface area contributed by atoms with Crippen LogP contribution < -0.4 is 9.62 Å². The largest absolute Gasteiger partial charge is 0.352 e. The first kappa shape index (κ1) is 17.8. The molecule has 5 nitrogen and oxygen atoms in total. The Kier molecular flexibility index (Phi) is 5.00. The summed E-state index contributed by atoms with van der Waals surface area (Å²) in [7, 11) is -3.62. The van der Waals surface area contributed by atoms with E-state index in [-0.39, 0.29) is 23.5 Å². The second-order valence-corrected chi connectivity index (χ2v) is 9.44. The average Bonchev–Trinajstić information content (AvgIpc) is 3.09. The van der Waals surface area contributed by atoms with Crippen molar-refractivity contribution in [1.29, 1.82) is 0 Å². The molecule has 0 aromatic heterocycles. The first-order chi connectivity index (χ1) is 11.2. The fourth-order valence-corrected chi connectivity index (χ4v) is 4.99. The van der Waals surface area contributed by atoms with Gasteiger partial charge in [0.2, 0.25) is 15.9 Å². The van der Waals surface area contributed by atoms with Crippen LogP contribution in [0.5, 0.6) is 0 Å². The smallest absolute Gasteiger partial charge is 0.241 e. The van der Waals surface area contributed by atoms with Crippen molar-refractivity contribution in [3.05, 3.63) is 28.2 Å². The first-order valence-corrected chi connectivity index (χ1v) is 10.6. The molecule has 0 aliphatic heterocycles. The summed E-state index contributed by atoms with van der Waals surface area (Å²) in [6.07, 6.45) is 5.64. The van der Waals surface area contributed by atoms with Gasteiger partial charge in [-0.05, 0) is 49.3 Å². The Balaban J connectivity index is 1.72. The molecule has 3 rings (SSSR count). The molecule has 0 unspecified atom stereocenters. The molecule has 0 saturated heterocycles. The van der Waals surface area contributed by atoms with Gasteiger partial charge < -0.3 is 5.32 Å². The van der Waals surface area contributed by atoms with Gasteiger partial charge in [0.15, 0.2) is 0 Å². The van der Waals surface area contributed by atoms with Crippen LogP contribution in [0.1, 0.15) is 25.7 Å². The van der Waals surface area contributed by atoms with Crippen LogP contribution in [0, 0.1) is 11.8 Å². The third kappa shape index (κ3) is 3.81. The third-order valence-electron chi connectivity index (χ3n) is 4.96. The van der Waals surface area contributed by atoms with Crippen molar-refractivity contribution in [3.63, 3.8) is 0 Å². The number of nitrogens with zero attached hydrogens (tertiary/aromatic N) is 1. The number of carbonyl (C=O) groups is 1. The maximum Gasteiger partial charge on any atom is 0.241 e. The Morgan fingerprint density at radius 2 is 2.00 bits per heavy atom. The van der Waals surface area contributed by atoms with Crippen molar-refractivity contribution in [2.24, 2.45) is 11.8 Å². The summed E-state index contributed by atoms with van der Waals surface area (Å²) in [5.41, 5.74) is 0.329. The Hall–Kier alpha value is -0.980. The minimum Gasteiger partial charge on any atom is -0.352 e. The predicted molar refractivity (Wildman–Crippen MR) is 96.0 cm³/mol. The van der Waals surface area contributed by atoms with Gasteiger partial charge >= 0.3 is 0 Å². The number of hydrogen-bond acceptors (Lipinski definition) is 3. The molecule has 1 N–H and O–H groups in total. The highest BCUT2D eigenvalue weighted by Gasteiger charge is 2.40. The van der Waals surface area contributed by atoms with Gasteiger partial charge in [-0.1, -0.05) is 29.6 Å². The van der Waals surface area contributed by atoms with Crippen LogP contribution in [0.2, 0.25) is 10.0 Å². The van der Waals surface area contributed by atoms with E-state index >= 15 is 0 Å². The first-order valence-electron chi connectivity index (χ1n) is 7.96. The minimum atomic E-state index is -3.62. The maximum atomic E-state index is 12.4. The zero-order valence-electron chi connectivity index (χ0n) is 13.3. The zero-order chi connectivity index (χ0) is 17.5. The standard InChI is InChI=1S/C16H20Cl2N2O3S/c1-24(22,23)20(12-4-5-13(17)14(18)8-12)9-16(21)19-15-7-10-2-3-11(15)6-10/h4-5,8,10-11,15H,2-3,6-7,9H2,1H3,(H,19,21)/t10-,11+,15+/m1/s1.